The maximum absolute atomic E-state index is 11.1. The van der Waals surface area contributed by atoms with Crippen LogP contribution in [0.2, 0.25) is 0 Å². The van der Waals surface area contributed by atoms with E-state index in [0.29, 0.717) is 0 Å². The molecule has 0 aliphatic rings. The van der Waals surface area contributed by atoms with Crippen LogP contribution in [-0.4, -0.2) is 29.1 Å². The van der Waals surface area contributed by atoms with Crippen molar-refractivity contribution in [3.05, 3.63) is 35.9 Å². The molecule has 0 radical (unpaired) electrons. The summed E-state index contributed by atoms with van der Waals surface area (Å²) in [4.78, 5) is 13.3. The summed E-state index contributed by atoms with van der Waals surface area (Å²) in [7, 11) is 0. The fraction of sp³-hybridized carbons (Fsp3) is 0.533. The first-order valence-corrected chi connectivity index (χ1v) is 6.69. The summed E-state index contributed by atoms with van der Waals surface area (Å²) in [5, 5.41) is 9.09. The largest absolute Gasteiger partial charge is 0.481 e. The number of aliphatic carboxylic acids is 1. The van der Waals surface area contributed by atoms with Crippen molar-refractivity contribution in [2.45, 2.75) is 39.2 Å². The molecule has 0 amide bonds. The van der Waals surface area contributed by atoms with E-state index in [1.165, 1.54) is 0 Å². The van der Waals surface area contributed by atoms with Crippen molar-refractivity contribution in [3.8, 4) is 0 Å². The van der Waals surface area contributed by atoms with Crippen LogP contribution in [0, 0.1) is 0 Å². The van der Waals surface area contributed by atoms with Gasteiger partial charge in [-0.3, -0.25) is 9.69 Å². The molecule has 0 spiro atoms. The van der Waals surface area contributed by atoms with Crippen LogP contribution < -0.4 is 0 Å². The van der Waals surface area contributed by atoms with Crippen molar-refractivity contribution in [2.75, 3.05) is 13.1 Å². The molecule has 0 saturated heterocycles. The van der Waals surface area contributed by atoms with Crippen molar-refractivity contribution in [2.24, 2.45) is 0 Å². The summed E-state index contributed by atoms with van der Waals surface area (Å²) in [5.41, 5.74) is 1.10. The Hall–Kier alpha value is -1.35. The monoisotopic (exact) mass is 249 g/mol. The quantitative estimate of drug-likeness (QED) is 0.768. The van der Waals surface area contributed by atoms with E-state index in [1.54, 1.807) is 0 Å². The van der Waals surface area contributed by atoms with Gasteiger partial charge in [0, 0.05) is 6.04 Å². The lowest BCUT2D eigenvalue weighted by Gasteiger charge is -2.30. The molecule has 3 heteroatoms. The zero-order valence-electron chi connectivity index (χ0n) is 11.3. The average Bonchev–Trinajstić information content (AvgIpc) is 2.39. The standard InChI is InChI=1S/C15H23NO2/c1-3-5-11-16(4-2)14(12-15(17)18)13-9-7-6-8-10-13/h6-10,14H,3-5,11-12H2,1-2H3,(H,17,18). The molecule has 0 fully saturated rings. The Labute approximate surface area is 109 Å². The van der Waals surface area contributed by atoms with E-state index in [2.05, 4.69) is 18.7 Å². The van der Waals surface area contributed by atoms with E-state index in [9.17, 15) is 4.79 Å². The molecule has 1 atom stereocenters. The van der Waals surface area contributed by atoms with Crippen molar-refractivity contribution >= 4 is 5.97 Å². The topological polar surface area (TPSA) is 40.5 Å². The number of carbonyl (C=O) groups is 1. The van der Waals surface area contributed by atoms with Gasteiger partial charge in [0.25, 0.3) is 0 Å². The number of unbranched alkanes of at least 4 members (excludes halogenated alkanes) is 1. The molecular weight excluding hydrogens is 226 g/mol. The summed E-state index contributed by atoms with van der Waals surface area (Å²) in [5.74, 6) is -0.737. The van der Waals surface area contributed by atoms with E-state index in [4.69, 9.17) is 5.11 Å². The van der Waals surface area contributed by atoms with Crippen LogP contribution in [0.15, 0.2) is 30.3 Å². The van der Waals surface area contributed by atoms with E-state index in [0.717, 1.165) is 31.5 Å². The zero-order chi connectivity index (χ0) is 13.4. The minimum absolute atomic E-state index is 0.0137. The van der Waals surface area contributed by atoms with Gasteiger partial charge in [-0.05, 0) is 25.1 Å². The molecule has 1 aromatic rings. The number of carboxylic acids is 1. The summed E-state index contributed by atoms with van der Waals surface area (Å²) >= 11 is 0. The molecule has 100 valence electrons. The maximum Gasteiger partial charge on any atom is 0.305 e. The summed E-state index contributed by atoms with van der Waals surface area (Å²) in [6.07, 6.45) is 2.41. The van der Waals surface area contributed by atoms with Crippen LogP contribution in [-0.2, 0) is 4.79 Å². The van der Waals surface area contributed by atoms with E-state index < -0.39 is 5.97 Å². The first kappa shape index (κ1) is 14.7. The Bertz CT molecular complexity index is 351. The Balaban J connectivity index is 2.85. The first-order valence-electron chi connectivity index (χ1n) is 6.69. The highest BCUT2D eigenvalue weighted by Gasteiger charge is 2.21. The second-order valence-electron chi connectivity index (χ2n) is 4.51. The van der Waals surface area contributed by atoms with Gasteiger partial charge in [0.05, 0.1) is 6.42 Å². The second-order valence-corrected chi connectivity index (χ2v) is 4.51. The number of hydrogen-bond donors (Lipinski definition) is 1. The lowest BCUT2D eigenvalue weighted by molar-refractivity contribution is -0.138. The zero-order valence-corrected chi connectivity index (χ0v) is 11.3. The van der Waals surface area contributed by atoms with Gasteiger partial charge in [-0.2, -0.15) is 0 Å². The Kier molecular flexibility index (Phi) is 6.44. The molecule has 1 unspecified atom stereocenters. The van der Waals surface area contributed by atoms with Gasteiger partial charge in [0.15, 0.2) is 0 Å². The highest BCUT2D eigenvalue weighted by molar-refractivity contribution is 5.67. The van der Waals surface area contributed by atoms with Crippen molar-refractivity contribution < 1.29 is 9.90 Å². The second kappa shape index (κ2) is 7.88. The van der Waals surface area contributed by atoms with Crippen LogP contribution >= 0.6 is 0 Å². The smallest absolute Gasteiger partial charge is 0.305 e. The molecular formula is C15H23NO2. The molecule has 0 heterocycles. The van der Waals surface area contributed by atoms with Crippen LogP contribution in [0.3, 0.4) is 0 Å². The molecule has 1 N–H and O–H groups in total. The fourth-order valence-corrected chi connectivity index (χ4v) is 2.19. The summed E-state index contributed by atoms with van der Waals surface area (Å²) in [6, 6.07) is 9.92. The van der Waals surface area contributed by atoms with E-state index in [-0.39, 0.29) is 12.5 Å². The molecule has 1 rings (SSSR count). The number of nitrogens with zero attached hydrogens (tertiary/aromatic N) is 1. The number of benzene rings is 1. The SMILES string of the molecule is CCCCN(CC)C(CC(=O)O)c1ccccc1. The maximum atomic E-state index is 11.1. The van der Waals surface area contributed by atoms with E-state index >= 15 is 0 Å². The molecule has 1 aromatic carbocycles. The number of hydrogen-bond acceptors (Lipinski definition) is 2. The predicted molar refractivity (Wildman–Crippen MR) is 73.6 cm³/mol. The van der Waals surface area contributed by atoms with Crippen molar-refractivity contribution in [3.63, 3.8) is 0 Å². The third-order valence-electron chi connectivity index (χ3n) is 3.20. The van der Waals surface area contributed by atoms with Gasteiger partial charge < -0.3 is 5.11 Å². The molecule has 0 aromatic heterocycles. The predicted octanol–water partition coefficient (Wildman–Crippen LogP) is 3.32. The highest BCUT2D eigenvalue weighted by atomic mass is 16.4. The van der Waals surface area contributed by atoms with Gasteiger partial charge in [-0.1, -0.05) is 50.6 Å². The van der Waals surface area contributed by atoms with Gasteiger partial charge in [0.1, 0.15) is 0 Å². The van der Waals surface area contributed by atoms with Crippen LogP contribution in [0.1, 0.15) is 44.7 Å². The van der Waals surface area contributed by atoms with Crippen LogP contribution in [0.25, 0.3) is 0 Å². The molecule has 0 bridgehead atoms. The van der Waals surface area contributed by atoms with Crippen molar-refractivity contribution in [1.82, 2.24) is 4.90 Å². The summed E-state index contributed by atoms with van der Waals surface area (Å²) in [6.45, 7) is 6.09. The molecule has 0 saturated carbocycles. The van der Waals surface area contributed by atoms with Crippen molar-refractivity contribution in [1.29, 1.82) is 0 Å². The Morgan fingerprint density at radius 2 is 1.94 bits per heavy atom. The summed E-state index contributed by atoms with van der Waals surface area (Å²) < 4.78 is 0. The van der Waals surface area contributed by atoms with Gasteiger partial charge in [-0.15, -0.1) is 0 Å². The van der Waals surface area contributed by atoms with Gasteiger partial charge in [-0.25, -0.2) is 0 Å². The number of carboxylic acid groups (broad SMARTS) is 1. The normalized spacial score (nSPS) is 12.6. The number of rotatable bonds is 8. The average molecular weight is 249 g/mol. The highest BCUT2D eigenvalue weighted by Crippen LogP contribution is 2.24. The Morgan fingerprint density at radius 1 is 1.28 bits per heavy atom. The Morgan fingerprint density at radius 3 is 2.44 bits per heavy atom. The van der Waals surface area contributed by atoms with E-state index in [1.807, 2.05) is 30.3 Å². The van der Waals surface area contributed by atoms with Crippen LogP contribution in [0.5, 0.6) is 0 Å². The molecule has 0 aliphatic carbocycles. The first-order chi connectivity index (χ1) is 8.69. The fourth-order valence-electron chi connectivity index (χ4n) is 2.19. The lowest BCUT2D eigenvalue weighted by Crippen LogP contribution is -2.31. The third-order valence-corrected chi connectivity index (χ3v) is 3.20. The van der Waals surface area contributed by atoms with Gasteiger partial charge >= 0.3 is 5.97 Å². The third kappa shape index (κ3) is 4.49. The van der Waals surface area contributed by atoms with Gasteiger partial charge in [0.2, 0.25) is 0 Å². The molecule has 0 aliphatic heterocycles. The lowest BCUT2D eigenvalue weighted by atomic mass is 10.0. The minimum Gasteiger partial charge on any atom is -0.481 e. The minimum atomic E-state index is -0.737. The van der Waals surface area contributed by atoms with Crippen LogP contribution in [0.4, 0.5) is 0 Å². The molecule has 18 heavy (non-hydrogen) atoms. The molecule has 3 nitrogen and oxygen atoms in total.